The Kier molecular flexibility index (Phi) is 6.23. The van der Waals surface area contributed by atoms with Crippen molar-refractivity contribution in [1.82, 2.24) is 19.5 Å². The van der Waals surface area contributed by atoms with Gasteiger partial charge in [-0.2, -0.15) is 4.98 Å². The molecule has 0 radical (unpaired) electrons. The van der Waals surface area contributed by atoms with Crippen molar-refractivity contribution in [2.75, 3.05) is 18.9 Å². The van der Waals surface area contributed by atoms with Crippen LogP contribution < -0.4 is 11.3 Å². The van der Waals surface area contributed by atoms with Crippen molar-refractivity contribution >= 4 is 29.1 Å². The Morgan fingerprint density at radius 2 is 2.08 bits per heavy atom. The van der Waals surface area contributed by atoms with E-state index < -0.39 is 17.5 Å². The summed E-state index contributed by atoms with van der Waals surface area (Å²) >= 11 is 0. The summed E-state index contributed by atoms with van der Waals surface area (Å²) in [6.07, 6.45) is 2.21. The van der Waals surface area contributed by atoms with E-state index in [0.29, 0.717) is 5.65 Å². The molecular formula is C14H17N5O6. The summed E-state index contributed by atoms with van der Waals surface area (Å²) < 4.78 is 16.2. The number of hydrogen-bond donors (Lipinski definition) is 2. The minimum absolute atomic E-state index is 0.0120. The summed E-state index contributed by atoms with van der Waals surface area (Å²) in [6, 6.07) is 0. The van der Waals surface area contributed by atoms with Gasteiger partial charge in [-0.3, -0.25) is 23.9 Å². The molecule has 0 amide bonds. The molecule has 0 saturated carbocycles. The number of fused-ring (bicyclic) bond motifs is 1. The number of carbonyl (C=O) groups is 2. The first kappa shape index (κ1) is 18.1. The average Bonchev–Trinajstić information content (AvgIpc) is 2.96. The first-order valence-electron chi connectivity index (χ1n) is 7.25. The second-order valence-electron chi connectivity index (χ2n) is 4.75. The normalized spacial score (nSPS) is 10.6. The summed E-state index contributed by atoms with van der Waals surface area (Å²) in [5.41, 5.74) is 5.49. The number of H-pyrrole nitrogens is 1. The molecule has 0 aliphatic carbocycles. The third-order valence-electron chi connectivity index (χ3n) is 2.96. The van der Waals surface area contributed by atoms with Gasteiger partial charge in [0.15, 0.2) is 11.2 Å². The highest BCUT2D eigenvalue weighted by Crippen LogP contribution is 2.06. The number of rotatable bonds is 9. The van der Waals surface area contributed by atoms with E-state index in [1.165, 1.54) is 10.9 Å². The Morgan fingerprint density at radius 3 is 2.84 bits per heavy atom. The zero-order valence-electron chi connectivity index (χ0n) is 13.3. The molecule has 0 aliphatic heterocycles. The van der Waals surface area contributed by atoms with E-state index >= 15 is 0 Å². The third kappa shape index (κ3) is 5.14. The van der Waals surface area contributed by atoms with Crippen LogP contribution in [0.5, 0.6) is 0 Å². The molecule has 0 aromatic carbocycles. The fraction of sp³-hybridized carbons (Fsp3) is 0.357. The lowest BCUT2D eigenvalue weighted by atomic mass is 10.3. The molecule has 0 atom stereocenters. The Bertz CT molecular complexity index is 827. The summed E-state index contributed by atoms with van der Waals surface area (Å²) in [5, 5.41) is 0. The largest absolute Gasteiger partial charge is 0.463 e. The van der Waals surface area contributed by atoms with Gasteiger partial charge in [-0.05, 0) is 0 Å². The number of carbonyl (C=O) groups excluding carboxylic acids is 2. The van der Waals surface area contributed by atoms with Crippen LogP contribution in [-0.4, -0.2) is 44.7 Å². The zero-order chi connectivity index (χ0) is 18.2. The van der Waals surface area contributed by atoms with E-state index in [0.717, 1.165) is 6.26 Å². The molecule has 0 fully saturated rings. The number of esters is 2. The smallest absolute Gasteiger partial charge is 0.311 e. The number of imidazole rings is 1. The van der Waals surface area contributed by atoms with Crippen molar-refractivity contribution in [2.45, 2.75) is 19.6 Å². The topological polar surface area (TPSA) is 151 Å². The second-order valence-corrected chi connectivity index (χ2v) is 4.75. The first-order valence-corrected chi connectivity index (χ1v) is 7.25. The van der Waals surface area contributed by atoms with Gasteiger partial charge in [0.2, 0.25) is 5.95 Å². The van der Waals surface area contributed by atoms with Crippen molar-refractivity contribution in [2.24, 2.45) is 0 Å². The molecule has 0 aliphatic rings. The van der Waals surface area contributed by atoms with Gasteiger partial charge >= 0.3 is 11.9 Å². The maximum atomic E-state index is 11.6. The summed E-state index contributed by atoms with van der Waals surface area (Å²) in [6.45, 7) is 3.41. The molecule has 11 heteroatoms. The molecule has 2 aromatic rings. The minimum Gasteiger partial charge on any atom is -0.463 e. The van der Waals surface area contributed by atoms with Crippen LogP contribution in [0.1, 0.15) is 12.8 Å². The molecular weight excluding hydrogens is 334 g/mol. The number of nitrogens with zero attached hydrogens (tertiary/aromatic N) is 3. The molecule has 134 valence electrons. The van der Waals surface area contributed by atoms with Crippen LogP contribution in [0.4, 0.5) is 5.95 Å². The average molecular weight is 351 g/mol. The van der Waals surface area contributed by atoms with Crippen molar-refractivity contribution < 1.29 is 23.8 Å². The molecule has 0 spiro atoms. The lowest BCUT2D eigenvalue weighted by molar-refractivity contribution is -0.149. The monoisotopic (exact) mass is 351 g/mol. The van der Waals surface area contributed by atoms with Gasteiger partial charge < -0.3 is 19.9 Å². The summed E-state index contributed by atoms with van der Waals surface area (Å²) in [7, 11) is 0. The fourth-order valence-corrected chi connectivity index (χ4v) is 1.87. The Morgan fingerprint density at radius 1 is 1.32 bits per heavy atom. The van der Waals surface area contributed by atoms with Crippen molar-refractivity contribution in [3.8, 4) is 0 Å². The molecule has 2 aromatic heterocycles. The van der Waals surface area contributed by atoms with Crippen LogP contribution in [0, 0.1) is 0 Å². The summed E-state index contributed by atoms with van der Waals surface area (Å²) in [4.78, 5) is 44.3. The van der Waals surface area contributed by atoms with Crippen LogP contribution in [-0.2, 0) is 30.5 Å². The Labute approximate surface area is 141 Å². The van der Waals surface area contributed by atoms with Crippen molar-refractivity contribution in [3.05, 3.63) is 29.5 Å². The van der Waals surface area contributed by atoms with Gasteiger partial charge in [0.1, 0.15) is 13.3 Å². The number of anilines is 1. The highest BCUT2D eigenvalue weighted by Gasteiger charge is 2.10. The maximum absolute atomic E-state index is 11.6. The maximum Gasteiger partial charge on any atom is 0.311 e. The van der Waals surface area contributed by atoms with Crippen LogP contribution in [0.2, 0.25) is 0 Å². The van der Waals surface area contributed by atoms with E-state index in [1.807, 2.05) is 0 Å². The molecule has 0 unspecified atom stereocenters. The van der Waals surface area contributed by atoms with Crippen LogP contribution >= 0.6 is 0 Å². The lowest BCUT2D eigenvalue weighted by Gasteiger charge is -2.07. The van der Waals surface area contributed by atoms with E-state index in [4.69, 9.17) is 15.2 Å². The Hall–Kier alpha value is -3.21. The number of ether oxygens (including phenoxy) is 3. The van der Waals surface area contributed by atoms with E-state index in [-0.39, 0.29) is 44.3 Å². The number of nitrogen functional groups attached to an aromatic ring is 1. The third-order valence-corrected chi connectivity index (χ3v) is 2.96. The Balaban J connectivity index is 1.71. The van der Waals surface area contributed by atoms with E-state index in [1.54, 1.807) is 0 Å². The highest BCUT2D eigenvalue weighted by atomic mass is 16.6. The van der Waals surface area contributed by atoms with Crippen molar-refractivity contribution in [3.63, 3.8) is 0 Å². The van der Waals surface area contributed by atoms with Crippen LogP contribution in [0.3, 0.4) is 0 Å². The predicted octanol–water partition coefficient (Wildman–Crippen LogP) is -0.314. The number of aromatic amines is 1. The van der Waals surface area contributed by atoms with E-state index in [2.05, 4.69) is 26.3 Å². The van der Waals surface area contributed by atoms with Gasteiger partial charge in [-0.25, -0.2) is 4.98 Å². The molecule has 11 nitrogen and oxygen atoms in total. The SMILES string of the molecule is C=COC(=O)CCC(=O)OCCOCn1cnc2c(=O)[nH]c(N)nc21. The van der Waals surface area contributed by atoms with Crippen LogP contribution in [0.25, 0.3) is 11.2 Å². The zero-order valence-corrected chi connectivity index (χ0v) is 13.3. The lowest BCUT2D eigenvalue weighted by Crippen LogP contribution is -2.14. The molecule has 25 heavy (non-hydrogen) atoms. The van der Waals surface area contributed by atoms with Gasteiger partial charge in [0.25, 0.3) is 5.56 Å². The molecule has 2 heterocycles. The minimum atomic E-state index is -0.558. The van der Waals surface area contributed by atoms with Gasteiger partial charge in [-0.15, -0.1) is 0 Å². The fourth-order valence-electron chi connectivity index (χ4n) is 1.87. The second kappa shape index (κ2) is 8.59. The first-order chi connectivity index (χ1) is 12.0. The van der Waals surface area contributed by atoms with Crippen LogP contribution in [0.15, 0.2) is 24.0 Å². The van der Waals surface area contributed by atoms with E-state index in [9.17, 15) is 14.4 Å². The number of nitrogens with one attached hydrogen (secondary N) is 1. The molecule has 3 N–H and O–H groups in total. The quantitative estimate of drug-likeness (QED) is 0.352. The summed E-state index contributed by atoms with van der Waals surface area (Å²) in [5.74, 6) is -1.13. The standard InChI is InChI=1S/C14H17N5O6/c1-2-24-9(20)3-4-10(21)25-6-5-23-8-19-7-16-11-12(19)17-14(15)18-13(11)22/h2,7H,1,3-6,8H2,(H3,15,17,18,22). The van der Waals surface area contributed by atoms with Crippen molar-refractivity contribution in [1.29, 1.82) is 0 Å². The highest BCUT2D eigenvalue weighted by molar-refractivity contribution is 5.77. The number of aromatic nitrogens is 4. The molecule has 0 saturated heterocycles. The number of hydrogen-bond acceptors (Lipinski definition) is 9. The number of nitrogens with two attached hydrogens (primary N) is 1. The molecule has 2 rings (SSSR count). The van der Waals surface area contributed by atoms with Gasteiger partial charge in [0, 0.05) is 0 Å². The predicted molar refractivity (Wildman–Crippen MR) is 85.0 cm³/mol. The van der Waals surface area contributed by atoms with Gasteiger partial charge in [-0.1, -0.05) is 6.58 Å². The molecule has 0 bridgehead atoms. The van der Waals surface area contributed by atoms with Gasteiger partial charge in [0.05, 0.1) is 32.0 Å².